The molecule has 2 bridgehead atoms. The normalized spacial score (nSPS) is 24.1. The first kappa shape index (κ1) is 27.1. The summed E-state index contributed by atoms with van der Waals surface area (Å²) in [6.45, 7) is 3.89. The van der Waals surface area contributed by atoms with Crippen LogP contribution in [0.3, 0.4) is 0 Å². The molecule has 6 nitrogen and oxygen atoms in total. The van der Waals surface area contributed by atoms with Crippen molar-refractivity contribution in [3.63, 3.8) is 0 Å². The highest BCUT2D eigenvalue weighted by Gasteiger charge is 2.44. The van der Waals surface area contributed by atoms with Crippen molar-refractivity contribution in [2.75, 3.05) is 7.11 Å². The van der Waals surface area contributed by atoms with Crippen LogP contribution in [0.5, 0.6) is 5.75 Å². The first-order chi connectivity index (χ1) is 19.5. The van der Waals surface area contributed by atoms with Crippen LogP contribution in [-0.2, 0) is 17.6 Å². The van der Waals surface area contributed by atoms with Crippen LogP contribution in [-0.4, -0.2) is 44.8 Å². The van der Waals surface area contributed by atoms with E-state index >= 15 is 0 Å². The summed E-state index contributed by atoms with van der Waals surface area (Å²) in [7, 11) is 1.55. The second kappa shape index (κ2) is 11.8. The molecule has 0 unspecified atom stereocenters. The molecule has 3 heterocycles. The lowest BCUT2D eigenvalue weighted by Crippen LogP contribution is -2.50. The maximum Gasteiger partial charge on any atom is 0.273 e. The topological polar surface area (TPSA) is 67.6 Å². The first-order valence-corrected chi connectivity index (χ1v) is 15.4. The van der Waals surface area contributed by atoms with Gasteiger partial charge in [0.2, 0.25) is 0 Å². The van der Waals surface area contributed by atoms with Gasteiger partial charge in [-0.05, 0) is 81.2 Å². The highest BCUT2D eigenvalue weighted by atomic mass is 16.5. The van der Waals surface area contributed by atoms with Crippen LogP contribution >= 0.6 is 0 Å². The van der Waals surface area contributed by atoms with E-state index in [1.54, 1.807) is 13.2 Å². The van der Waals surface area contributed by atoms with Gasteiger partial charge in [-0.2, -0.15) is 0 Å². The van der Waals surface area contributed by atoms with Crippen molar-refractivity contribution in [3.8, 4) is 5.75 Å². The largest absolute Gasteiger partial charge is 0.507 e. The van der Waals surface area contributed by atoms with Crippen LogP contribution in [0.1, 0.15) is 93.5 Å². The zero-order valence-electron chi connectivity index (χ0n) is 23.9. The number of hydrogen-bond donors (Lipinski definition) is 1. The van der Waals surface area contributed by atoms with Crippen molar-refractivity contribution in [2.24, 2.45) is 0 Å². The molecule has 3 aliphatic rings. The van der Waals surface area contributed by atoms with Crippen LogP contribution in [0.4, 0.5) is 0 Å². The molecule has 2 aliphatic heterocycles. The summed E-state index contributed by atoms with van der Waals surface area (Å²) in [6, 6.07) is 15.7. The SMILES string of the molecule is C=C(OC)c1cc(CCc2nc3ccccc3n([C@H]3C[C@H]4CC[C@@H](C3)N4C3CCCCCCC3)c2=O)ccc1O. The minimum atomic E-state index is 0.0582. The first-order valence-electron chi connectivity index (χ1n) is 15.4. The summed E-state index contributed by atoms with van der Waals surface area (Å²) in [5.41, 5.74) is 4.12. The molecule has 2 saturated heterocycles. The Hall–Kier alpha value is -3.12. The van der Waals surface area contributed by atoms with E-state index in [1.807, 2.05) is 30.3 Å². The summed E-state index contributed by atoms with van der Waals surface area (Å²) in [5.74, 6) is 0.563. The lowest BCUT2D eigenvalue weighted by molar-refractivity contribution is 0.0497. The third-order valence-corrected chi connectivity index (χ3v) is 9.75. The van der Waals surface area contributed by atoms with E-state index in [9.17, 15) is 9.90 Å². The molecule has 2 aromatic carbocycles. The molecule has 6 rings (SSSR count). The van der Waals surface area contributed by atoms with Gasteiger partial charge in [0, 0.05) is 24.2 Å². The van der Waals surface area contributed by atoms with Crippen LogP contribution in [0.25, 0.3) is 16.8 Å². The quantitative estimate of drug-likeness (QED) is 0.334. The third kappa shape index (κ3) is 5.30. The Labute approximate surface area is 237 Å². The monoisotopic (exact) mass is 541 g/mol. The van der Waals surface area contributed by atoms with E-state index < -0.39 is 0 Å². The highest BCUT2D eigenvalue weighted by Crippen LogP contribution is 2.44. The molecule has 0 radical (unpaired) electrons. The van der Waals surface area contributed by atoms with E-state index in [0.29, 0.717) is 41.9 Å². The van der Waals surface area contributed by atoms with Gasteiger partial charge in [0.15, 0.2) is 0 Å². The number of para-hydroxylation sites is 2. The summed E-state index contributed by atoms with van der Waals surface area (Å²) in [5, 5.41) is 10.2. The standard InChI is InChI=1S/C34H43N3O3/c1-23(40-2)29-20-24(15-19-33(29)38)14-18-31-34(39)37(32-13-9-8-12-30(32)35-31)28-21-26-16-17-27(22-28)36(26)25-10-6-4-3-5-7-11-25/h8-9,12-13,15,19-20,25-28,38H,1,3-7,10-11,14,16-18,21-22H2,2H3/t26-,27+,28+. The number of phenols is 1. The summed E-state index contributed by atoms with van der Waals surface area (Å²) >= 11 is 0. The maximum atomic E-state index is 14.1. The van der Waals surface area contributed by atoms with Gasteiger partial charge in [0.1, 0.15) is 17.2 Å². The number of piperidine rings is 1. The summed E-state index contributed by atoms with van der Waals surface area (Å²) in [4.78, 5) is 21.9. The number of benzene rings is 2. The van der Waals surface area contributed by atoms with Crippen LogP contribution in [0.2, 0.25) is 0 Å². The molecule has 3 atom stereocenters. The number of aryl methyl sites for hydroxylation is 2. The van der Waals surface area contributed by atoms with Gasteiger partial charge in [-0.3, -0.25) is 9.69 Å². The number of ether oxygens (including phenoxy) is 1. The van der Waals surface area contributed by atoms with E-state index in [0.717, 1.165) is 35.5 Å². The van der Waals surface area contributed by atoms with E-state index in [4.69, 9.17) is 9.72 Å². The predicted octanol–water partition coefficient (Wildman–Crippen LogP) is 6.79. The van der Waals surface area contributed by atoms with Crippen molar-refractivity contribution in [2.45, 2.75) is 108 Å². The Morgan fingerprint density at radius 2 is 1.62 bits per heavy atom. The second-order valence-corrected chi connectivity index (χ2v) is 12.2. The van der Waals surface area contributed by atoms with Gasteiger partial charge >= 0.3 is 0 Å². The molecule has 1 aliphatic carbocycles. The number of aromatic nitrogens is 2. The summed E-state index contributed by atoms with van der Waals surface area (Å²) in [6.07, 6.45) is 15.4. The van der Waals surface area contributed by atoms with Gasteiger partial charge in [0.25, 0.3) is 5.56 Å². The lowest BCUT2D eigenvalue weighted by Gasteiger charge is -2.45. The van der Waals surface area contributed by atoms with Crippen molar-refractivity contribution in [3.05, 3.63) is 76.2 Å². The molecule has 212 valence electrons. The van der Waals surface area contributed by atoms with Gasteiger partial charge in [0.05, 0.1) is 23.7 Å². The fourth-order valence-corrected chi connectivity index (χ4v) is 7.79. The average molecular weight is 542 g/mol. The second-order valence-electron chi connectivity index (χ2n) is 12.2. The molecule has 1 saturated carbocycles. The third-order valence-electron chi connectivity index (χ3n) is 9.75. The number of methoxy groups -OCH3 is 1. The van der Waals surface area contributed by atoms with Crippen LogP contribution in [0, 0.1) is 0 Å². The lowest BCUT2D eigenvalue weighted by atomic mass is 9.89. The molecule has 1 aromatic heterocycles. The Balaban J connectivity index is 1.27. The Kier molecular flexibility index (Phi) is 7.97. The van der Waals surface area contributed by atoms with Gasteiger partial charge < -0.3 is 14.4 Å². The number of rotatable bonds is 7. The zero-order valence-corrected chi connectivity index (χ0v) is 23.9. The highest BCUT2D eigenvalue weighted by molar-refractivity contribution is 5.75. The van der Waals surface area contributed by atoms with Crippen molar-refractivity contribution in [1.82, 2.24) is 14.5 Å². The number of fused-ring (bicyclic) bond motifs is 3. The van der Waals surface area contributed by atoms with Crippen LogP contribution < -0.4 is 5.56 Å². The van der Waals surface area contributed by atoms with Crippen molar-refractivity contribution >= 4 is 16.8 Å². The van der Waals surface area contributed by atoms with Gasteiger partial charge in [-0.1, -0.05) is 56.9 Å². The molecule has 1 N–H and O–H groups in total. The number of nitrogens with zero attached hydrogens (tertiary/aromatic N) is 3. The molecular weight excluding hydrogens is 498 g/mol. The van der Waals surface area contributed by atoms with Crippen molar-refractivity contribution in [1.29, 1.82) is 0 Å². The Morgan fingerprint density at radius 3 is 2.35 bits per heavy atom. The Bertz CT molecular complexity index is 1410. The van der Waals surface area contributed by atoms with E-state index in [2.05, 4.69) is 22.1 Å². The minimum absolute atomic E-state index is 0.0582. The average Bonchev–Trinajstić information content (AvgIpc) is 3.20. The predicted molar refractivity (Wildman–Crippen MR) is 161 cm³/mol. The maximum absolute atomic E-state index is 14.1. The van der Waals surface area contributed by atoms with E-state index in [1.165, 1.54) is 57.8 Å². The van der Waals surface area contributed by atoms with E-state index in [-0.39, 0.29) is 17.4 Å². The molecule has 6 heteroatoms. The molecule has 40 heavy (non-hydrogen) atoms. The molecular formula is C34H43N3O3. The zero-order chi connectivity index (χ0) is 27.6. The fraction of sp³-hybridized carbons (Fsp3) is 0.529. The fourth-order valence-electron chi connectivity index (χ4n) is 7.79. The number of aromatic hydroxyl groups is 1. The summed E-state index contributed by atoms with van der Waals surface area (Å²) < 4.78 is 7.35. The molecule has 0 amide bonds. The molecule has 3 fully saturated rings. The van der Waals surface area contributed by atoms with Crippen molar-refractivity contribution < 1.29 is 9.84 Å². The molecule has 0 spiro atoms. The molecule has 3 aromatic rings. The number of hydrogen-bond acceptors (Lipinski definition) is 5. The number of phenolic OH excluding ortho intramolecular Hbond substituents is 1. The Morgan fingerprint density at radius 1 is 0.925 bits per heavy atom. The smallest absolute Gasteiger partial charge is 0.273 e. The minimum Gasteiger partial charge on any atom is -0.507 e. The van der Waals surface area contributed by atoms with Gasteiger partial charge in [-0.15, -0.1) is 0 Å². The van der Waals surface area contributed by atoms with Gasteiger partial charge in [-0.25, -0.2) is 4.98 Å². The van der Waals surface area contributed by atoms with Crippen LogP contribution in [0.15, 0.2) is 53.8 Å².